The SMILES string of the molecule is Cn1ncc(NCCS(N)(=O)=O)c(Br)c1=O. The molecule has 0 radical (unpaired) electrons. The summed E-state index contributed by atoms with van der Waals surface area (Å²) in [6.45, 7) is 0.117. The van der Waals surface area contributed by atoms with Gasteiger partial charge in [-0.3, -0.25) is 4.79 Å². The van der Waals surface area contributed by atoms with Gasteiger partial charge in [-0.1, -0.05) is 0 Å². The molecule has 0 aliphatic carbocycles. The van der Waals surface area contributed by atoms with Crippen LogP contribution in [0.5, 0.6) is 0 Å². The average Bonchev–Trinajstić information content (AvgIpc) is 2.16. The lowest BCUT2D eigenvalue weighted by molar-refractivity contribution is 0.598. The van der Waals surface area contributed by atoms with Crippen LogP contribution in [0.15, 0.2) is 15.5 Å². The van der Waals surface area contributed by atoms with E-state index in [-0.39, 0.29) is 17.9 Å². The second-order valence-corrected chi connectivity index (χ2v) is 5.62. The van der Waals surface area contributed by atoms with E-state index in [4.69, 9.17) is 5.14 Å². The Kier molecular flexibility index (Phi) is 4.05. The third-order valence-corrected chi connectivity index (χ3v) is 3.32. The summed E-state index contributed by atoms with van der Waals surface area (Å²) >= 11 is 3.10. The standard InChI is InChI=1S/C7H11BrN4O3S/c1-12-7(13)6(8)5(4-11-12)10-2-3-16(9,14)15/h4,10H,2-3H2,1H3,(H2,9,14,15). The number of aromatic nitrogens is 2. The number of aryl methyl sites for hydroxylation is 1. The number of hydrogen-bond donors (Lipinski definition) is 2. The smallest absolute Gasteiger partial charge is 0.282 e. The fourth-order valence-corrected chi connectivity index (χ4v) is 1.85. The van der Waals surface area contributed by atoms with E-state index in [9.17, 15) is 13.2 Å². The molecule has 7 nitrogen and oxygen atoms in total. The van der Waals surface area contributed by atoms with Crippen LogP contribution in [0.1, 0.15) is 0 Å². The maximum Gasteiger partial charge on any atom is 0.282 e. The lowest BCUT2D eigenvalue weighted by atomic mass is 10.4. The molecule has 90 valence electrons. The monoisotopic (exact) mass is 310 g/mol. The highest BCUT2D eigenvalue weighted by Crippen LogP contribution is 2.15. The van der Waals surface area contributed by atoms with E-state index >= 15 is 0 Å². The lowest BCUT2D eigenvalue weighted by Gasteiger charge is -2.07. The first-order valence-corrected chi connectivity index (χ1v) is 6.78. The fourth-order valence-electron chi connectivity index (χ4n) is 0.962. The molecule has 0 bridgehead atoms. The van der Waals surface area contributed by atoms with Gasteiger partial charge in [-0.15, -0.1) is 0 Å². The summed E-state index contributed by atoms with van der Waals surface area (Å²) in [7, 11) is -1.99. The van der Waals surface area contributed by atoms with Crippen LogP contribution >= 0.6 is 15.9 Å². The molecule has 0 aliphatic heterocycles. The third-order valence-electron chi connectivity index (χ3n) is 1.78. The van der Waals surface area contributed by atoms with Crippen molar-refractivity contribution in [1.82, 2.24) is 9.78 Å². The second kappa shape index (κ2) is 4.93. The number of halogens is 1. The molecule has 0 saturated heterocycles. The molecular formula is C7H11BrN4O3S. The van der Waals surface area contributed by atoms with Crippen LogP contribution in [0.2, 0.25) is 0 Å². The predicted octanol–water partition coefficient (Wildman–Crippen LogP) is -0.757. The summed E-state index contributed by atoms with van der Waals surface area (Å²) in [5.74, 6) is -0.214. The molecule has 0 aliphatic rings. The Morgan fingerprint density at radius 2 is 2.25 bits per heavy atom. The van der Waals surface area contributed by atoms with Gasteiger partial charge in [0, 0.05) is 13.6 Å². The van der Waals surface area contributed by atoms with Crippen molar-refractivity contribution in [3.05, 3.63) is 21.0 Å². The Morgan fingerprint density at radius 3 is 2.81 bits per heavy atom. The Balaban J connectivity index is 2.76. The Hall–Kier alpha value is -0.930. The van der Waals surface area contributed by atoms with Gasteiger partial charge in [0.1, 0.15) is 4.47 Å². The van der Waals surface area contributed by atoms with Gasteiger partial charge in [0.25, 0.3) is 5.56 Å². The number of rotatable bonds is 4. The van der Waals surface area contributed by atoms with Gasteiger partial charge >= 0.3 is 0 Å². The van der Waals surface area contributed by atoms with Crippen LogP contribution in [0.25, 0.3) is 0 Å². The minimum Gasteiger partial charge on any atom is -0.382 e. The molecule has 0 saturated carbocycles. The summed E-state index contributed by atoms with van der Waals surface area (Å²) in [5.41, 5.74) is 0.132. The summed E-state index contributed by atoms with van der Waals surface area (Å²) in [6, 6.07) is 0. The van der Waals surface area contributed by atoms with Crippen molar-refractivity contribution in [2.75, 3.05) is 17.6 Å². The molecule has 9 heteroatoms. The molecule has 3 N–H and O–H groups in total. The second-order valence-electron chi connectivity index (χ2n) is 3.09. The van der Waals surface area contributed by atoms with Gasteiger partial charge < -0.3 is 5.32 Å². The zero-order chi connectivity index (χ0) is 12.3. The lowest BCUT2D eigenvalue weighted by Crippen LogP contribution is -2.25. The first-order chi connectivity index (χ1) is 7.31. The van der Waals surface area contributed by atoms with Crippen molar-refractivity contribution in [3.63, 3.8) is 0 Å². The van der Waals surface area contributed by atoms with Crippen molar-refractivity contribution < 1.29 is 8.42 Å². The average molecular weight is 311 g/mol. The zero-order valence-corrected chi connectivity index (χ0v) is 10.9. The molecular weight excluding hydrogens is 300 g/mol. The molecule has 0 aromatic carbocycles. The Bertz CT molecular complexity index is 539. The van der Waals surface area contributed by atoms with Crippen LogP contribution in [0.4, 0.5) is 5.69 Å². The number of nitrogens with one attached hydrogen (secondary N) is 1. The maximum atomic E-state index is 11.4. The Labute approximate surface area is 101 Å². The number of hydrogen-bond acceptors (Lipinski definition) is 5. The van der Waals surface area contributed by atoms with Crippen molar-refractivity contribution >= 4 is 31.6 Å². The normalized spacial score (nSPS) is 11.4. The van der Waals surface area contributed by atoms with Gasteiger partial charge in [-0.25, -0.2) is 18.2 Å². The highest BCUT2D eigenvalue weighted by molar-refractivity contribution is 9.10. The third kappa shape index (κ3) is 3.58. The summed E-state index contributed by atoms with van der Waals surface area (Å²) in [6.07, 6.45) is 1.43. The highest BCUT2D eigenvalue weighted by atomic mass is 79.9. The van der Waals surface area contributed by atoms with Crippen molar-refractivity contribution in [2.45, 2.75) is 0 Å². The van der Waals surface area contributed by atoms with Gasteiger partial charge in [-0.2, -0.15) is 5.10 Å². The molecule has 1 rings (SSSR count). The summed E-state index contributed by atoms with van der Waals surface area (Å²) < 4.78 is 22.8. The molecule has 0 amide bonds. The van der Waals surface area contributed by atoms with Gasteiger partial charge in [0.15, 0.2) is 0 Å². The first-order valence-electron chi connectivity index (χ1n) is 4.27. The zero-order valence-electron chi connectivity index (χ0n) is 8.47. The maximum absolute atomic E-state index is 11.4. The molecule has 0 unspecified atom stereocenters. The summed E-state index contributed by atoms with van der Waals surface area (Å²) in [5, 5.41) is 11.4. The van der Waals surface area contributed by atoms with E-state index in [1.54, 1.807) is 0 Å². The van der Waals surface area contributed by atoms with Crippen molar-refractivity contribution in [2.24, 2.45) is 12.2 Å². The Morgan fingerprint density at radius 1 is 1.62 bits per heavy atom. The van der Waals surface area contributed by atoms with E-state index in [0.29, 0.717) is 10.2 Å². The van der Waals surface area contributed by atoms with Crippen LogP contribution in [-0.2, 0) is 17.1 Å². The van der Waals surface area contributed by atoms with Crippen molar-refractivity contribution in [3.8, 4) is 0 Å². The van der Waals surface area contributed by atoms with E-state index in [2.05, 4.69) is 26.3 Å². The minimum absolute atomic E-state index is 0.117. The predicted molar refractivity (Wildman–Crippen MR) is 63.6 cm³/mol. The number of sulfonamides is 1. The summed E-state index contributed by atoms with van der Waals surface area (Å²) in [4.78, 5) is 11.4. The molecule has 0 atom stereocenters. The molecule has 1 aromatic heterocycles. The molecule has 16 heavy (non-hydrogen) atoms. The fraction of sp³-hybridized carbons (Fsp3) is 0.429. The minimum atomic E-state index is -3.51. The van der Waals surface area contributed by atoms with Crippen LogP contribution in [-0.4, -0.2) is 30.5 Å². The number of anilines is 1. The first kappa shape index (κ1) is 13.1. The van der Waals surface area contributed by atoms with Crippen LogP contribution in [0.3, 0.4) is 0 Å². The van der Waals surface area contributed by atoms with E-state index in [1.807, 2.05) is 0 Å². The number of nitrogens with zero attached hydrogens (tertiary/aromatic N) is 2. The quantitative estimate of drug-likeness (QED) is 0.760. The molecule has 0 spiro atoms. The van der Waals surface area contributed by atoms with E-state index in [0.717, 1.165) is 4.68 Å². The molecule has 0 fully saturated rings. The van der Waals surface area contributed by atoms with E-state index in [1.165, 1.54) is 13.2 Å². The van der Waals surface area contributed by atoms with Gasteiger partial charge in [-0.05, 0) is 15.9 Å². The highest BCUT2D eigenvalue weighted by Gasteiger charge is 2.07. The van der Waals surface area contributed by atoms with E-state index < -0.39 is 10.0 Å². The van der Waals surface area contributed by atoms with Crippen LogP contribution < -0.4 is 16.0 Å². The van der Waals surface area contributed by atoms with Crippen LogP contribution in [0, 0.1) is 0 Å². The molecule has 1 heterocycles. The van der Waals surface area contributed by atoms with Gasteiger partial charge in [0.05, 0.1) is 17.6 Å². The number of primary sulfonamides is 1. The van der Waals surface area contributed by atoms with Crippen molar-refractivity contribution in [1.29, 1.82) is 0 Å². The largest absolute Gasteiger partial charge is 0.382 e. The number of nitrogens with two attached hydrogens (primary N) is 1. The molecule has 1 aromatic rings. The van der Waals surface area contributed by atoms with Gasteiger partial charge in [0.2, 0.25) is 10.0 Å². The topological polar surface area (TPSA) is 107 Å².